The van der Waals surface area contributed by atoms with Gasteiger partial charge in [0.1, 0.15) is 10.9 Å². The van der Waals surface area contributed by atoms with Crippen LogP contribution in [0.25, 0.3) is 22.0 Å². The van der Waals surface area contributed by atoms with Gasteiger partial charge >= 0.3 is 6.36 Å². The molecule has 0 spiro atoms. The van der Waals surface area contributed by atoms with E-state index in [0.717, 1.165) is 33.3 Å². The summed E-state index contributed by atoms with van der Waals surface area (Å²) in [5.41, 5.74) is 4.39. The van der Waals surface area contributed by atoms with Crippen LogP contribution < -0.4 is 10.1 Å². The molecule has 0 aliphatic heterocycles. The lowest BCUT2D eigenvalue weighted by molar-refractivity contribution is -0.274. The molecule has 4 rings (SSSR count). The molecule has 1 aromatic heterocycles. The van der Waals surface area contributed by atoms with Crippen LogP contribution in [0.3, 0.4) is 0 Å². The van der Waals surface area contributed by atoms with Crippen LogP contribution in [0.2, 0.25) is 5.15 Å². The van der Waals surface area contributed by atoms with Gasteiger partial charge in [0.05, 0.1) is 5.52 Å². The first-order valence-corrected chi connectivity index (χ1v) is 9.50. The number of halogens is 4. The zero-order valence-electron chi connectivity index (χ0n) is 15.6. The molecule has 0 bridgehead atoms. The van der Waals surface area contributed by atoms with Crippen molar-refractivity contribution in [1.29, 1.82) is 0 Å². The second kappa shape index (κ2) is 8.24. The summed E-state index contributed by atoms with van der Waals surface area (Å²) in [5, 5.41) is 4.61. The molecule has 0 aliphatic carbocycles. The van der Waals surface area contributed by atoms with E-state index in [1.54, 1.807) is 18.2 Å². The first-order valence-electron chi connectivity index (χ1n) is 9.12. The molecule has 3 aromatic carbocycles. The number of ether oxygens (including phenoxy) is 1. The van der Waals surface area contributed by atoms with Crippen molar-refractivity contribution in [3.8, 4) is 16.9 Å². The maximum Gasteiger partial charge on any atom is 0.573 e. The second-order valence-corrected chi connectivity index (χ2v) is 6.99. The average molecular weight is 429 g/mol. The molecule has 1 heterocycles. The predicted molar refractivity (Wildman–Crippen MR) is 113 cm³/mol. The summed E-state index contributed by atoms with van der Waals surface area (Å²) in [7, 11) is 0. The van der Waals surface area contributed by atoms with Crippen molar-refractivity contribution in [3.63, 3.8) is 0 Å². The van der Waals surface area contributed by atoms with Crippen LogP contribution in [0.5, 0.6) is 5.75 Å². The number of benzene rings is 3. The highest BCUT2D eigenvalue weighted by Gasteiger charge is 2.30. The standard InChI is InChI=1S/C23H16ClF3N2O/c24-21-13-20(28-14-15-9-11-17(12-10-15)30-23(25,26)27)22-18(7-4-8-19(22)29-21)16-5-2-1-3-6-16/h1-13H,14H2,(H,28,29). The Morgan fingerprint density at radius 3 is 2.33 bits per heavy atom. The smallest absolute Gasteiger partial charge is 0.406 e. The lowest BCUT2D eigenvalue weighted by Crippen LogP contribution is -2.17. The average Bonchev–Trinajstić information content (AvgIpc) is 2.72. The molecule has 7 heteroatoms. The molecule has 0 aliphatic rings. The molecule has 1 N–H and O–H groups in total. The summed E-state index contributed by atoms with van der Waals surface area (Å²) in [6, 6.07) is 23.3. The molecule has 30 heavy (non-hydrogen) atoms. The molecule has 0 saturated carbocycles. The minimum absolute atomic E-state index is 0.255. The van der Waals surface area contributed by atoms with Gasteiger partial charge in [0.2, 0.25) is 0 Å². The molecule has 4 aromatic rings. The fraction of sp³-hybridized carbons (Fsp3) is 0.0870. The zero-order chi connectivity index (χ0) is 21.1. The van der Waals surface area contributed by atoms with Gasteiger partial charge in [0.25, 0.3) is 0 Å². The summed E-state index contributed by atoms with van der Waals surface area (Å²) in [5.74, 6) is -0.255. The number of hydrogen-bond acceptors (Lipinski definition) is 3. The van der Waals surface area contributed by atoms with Crippen LogP contribution in [-0.4, -0.2) is 11.3 Å². The third-order valence-electron chi connectivity index (χ3n) is 4.53. The van der Waals surface area contributed by atoms with E-state index in [1.165, 1.54) is 12.1 Å². The molecule has 3 nitrogen and oxygen atoms in total. The summed E-state index contributed by atoms with van der Waals surface area (Å²) in [6.45, 7) is 0.394. The molecule has 0 amide bonds. The van der Waals surface area contributed by atoms with E-state index < -0.39 is 6.36 Å². The number of anilines is 1. The number of nitrogens with zero attached hydrogens (tertiary/aromatic N) is 1. The third-order valence-corrected chi connectivity index (χ3v) is 4.72. The van der Waals surface area contributed by atoms with Crippen molar-refractivity contribution < 1.29 is 17.9 Å². The van der Waals surface area contributed by atoms with Crippen LogP contribution in [-0.2, 0) is 6.54 Å². The highest BCUT2D eigenvalue weighted by atomic mass is 35.5. The van der Waals surface area contributed by atoms with E-state index in [4.69, 9.17) is 11.6 Å². The van der Waals surface area contributed by atoms with Crippen molar-refractivity contribution in [1.82, 2.24) is 4.98 Å². The molecule has 0 fully saturated rings. The summed E-state index contributed by atoms with van der Waals surface area (Å²) >= 11 is 6.21. The van der Waals surface area contributed by atoms with Gasteiger partial charge in [-0.1, -0.05) is 66.2 Å². The minimum atomic E-state index is -4.71. The van der Waals surface area contributed by atoms with E-state index in [9.17, 15) is 13.2 Å². The Morgan fingerprint density at radius 2 is 1.63 bits per heavy atom. The maximum atomic E-state index is 12.3. The number of rotatable bonds is 5. The fourth-order valence-corrected chi connectivity index (χ4v) is 3.46. The van der Waals surface area contributed by atoms with Crippen molar-refractivity contribution >= 4 is 28.2 Å². The van der Waals surface area contributed by atoms with E-state index in [2.05, 4.69) is 15.0 Å². The Bertz CT molecular complexity index is 1160. The van der Waals surface area contributed by atoms with Gasteiger partial charge in [-0.2, -0.15) is 0 Å². The van der Waals surface area contributed by atoms with Crippen molar-refractivity contribution in [2.75, 3.05) is 5.32 Å². The summed E-state index contributed by atoms with van der Waals surface area (Å²) < 4.78 is 40.9. The molecule has 152 valence electrons. The van der Waals surface area contributed by atoms with Gasteiger partial charge < -0.3 is 10.1 Å². The van der Waals surface area contributed by atoms with Crippen LogP contribution in [0, 0.1) is 0 Å². The molecular weight excluding hydrogens is 413 g/mol. The first kappa shape index (κ1) is 20.0. The normalized spacial score (nSPS) is 11.5. The van der Waals surface area contributed by atoms with Crippen molar-refractivity contribution in [3.05, 3.63) is 89.6 Å². The predicted octanol–water partition coefficient (Wildman–Crippen LogP) is 7.07. The lowest BCUT2D eigenvalue weighted by Gasteiger charge is -2.14. The number of alkyl halides is 3. The van der Waals surface area contributed by atoms with Crippen molar-refractivity contribution in [2.24, 2.45) is 0 Å². The minimum Gasteiger partial charge on any atom is -0.406 e. The largest absolute Gasteiger partial charge is 0.573 e. The van der Waals surface area contributed by atoms with Gasteiger partial charge in [-0.25, -0.2) is 4.98 Å². The fourth-order valence-electron chi connectivity index (χ4n) is 3.26. The van der Waals surface area contributed by atoms with E-state index in [1.807, 2.05) is 48.5 Å². The van der Waals surface area contributed by atoms with Gasteiger partial charge in [0, 0.05) is 17.6 Å². The quantitative estimate of drug-likeness (QED) is 0.345. The number of pyridine rings is 1. The number of hydrogen-bond donors (Lipinski definition) is 1. The van der Waals surface area contributed by atoms with E-state index >= 15 is 0 Å². The summed E-state index contributed by atoms with van der Waals surface area (Å²) in [4.78, 5) is 4.43. The summed E-state index contributed by atoms with van der Waals surface area (Å²) in [6.07, 6.45) is -4.71. The van der Waals surface area contributed by atoms with Crippen LogP contribution in [0.4, 0.5) is 18.9 Å². The third kappa shape index (κ3) is 4.66. The monoisotopic (exact) mass is 428 g/mol. The molecule has 0 atom stereocenters. The van der Waals surface area contributed by atoms with Gasteiger partial charge in [-0.3, -0.25) is 0 Å². The highest BCUT2D eigenvalue weighted by molar-refractivity contribution is 6.30. The van der Waals surface area contributed by atoms with Crippen molar-refractivity contribution in [2.45, 2.75) is 12.9 Å². The zero-order valence-corrected chi connectivity index (χ0v) is 16.3. The number of aromatic nitrogens is 1. The molecular formula is C23H16ClF3N2O. The maximum absolute atomic E-state index is 12.3. The van der Waals surface area contributed by atoms with Crippen LogP contribution in [0.15, 0.2) is 78.9 Å². The lowest BCUT2D eigenvalue weighted by atomic mass is 9.99. The second-order valence-electron chi connectivity index (χ2n) is 6.60. The highest BCUT2D eigenvalue weighted by Crippen LogP contribution is 2.35. The Labute approximate surface area is 176 Å². The van der Waals surface area contributed by atoms with E-state index in [0.29, 0.717) is 11.7 Å². The number of fused-ring (bicyclic) bond motifs is 1. The topological polar surface area (TPSA) is 34.1 Å². The Balaban J connectivity index is 1.64. The molecule has 0 radical (unpaired) electrons. The van der Waals surface area contributed by atoms with Gasteiger partial charge in [0.15, 0.2) is 0 Å². The van der Waals surface area contributed by atoms with Gasteiger partial charge in [-0.05, 0) is 41.0 Å². The Hall–Kier alpha value is -3.25. The Morgan fingerprint density at radius 1 is 0.900 bits per heavy atom. The number of nitrogens with one attached hydrogen (secondary N) is 1. The van der Waals surface area contributed by atoms with Gasteiger partial charge in [-0.15, -0.1) is 13.2 Å². The molecule has 0 saturated heterocycles. The van der Waals surface area contributed by atoms with Crippen LogP contribution in [0.1, 0.15) is 5.56 Å². The molecule has 0 unspecified atom stereocenters. The SMILES string of the molecule is FC(F)(F)Oc1ccc(CNc2cc(Cl)nc3cccc(-c4ccccc4)c23)cc1. The van der Waals surface area contributed by atoms with Crippen LogP contribution >= 0.6 is 11.6 Å². The first-order chi connectivity index (χ1) is 14.4. The Kier molecular flexibility index (Phi) is 5.50. The van der Waals surface area contributed by atoms with E-state index in [-0.39, 0.29) is 5.75 Å².